The molecule has 1 heterocycles. The molecule has 0 radical (unpaired) electrons. The van der Waals surface area contributed by atoms with Crippen molar-refractivity contribution in [2.75, 3.05) is 6.61 Å². The third-order valence-electron chi connectivity index (χ3n) is 9.15. The maximum absolute atomic E-state index is 13.7. The highest BCUT2D eigenvalue weighted by Crippen LogP contribution is 2.61. The lowest BCUT2D eigenvalue weighted by molar-refractivity contribution is -0.220. The molecule has 4 bridgehead atoms. The normalized spacial score (nSPS) is 37.7. The minimum absolute atomic E-state index is 0.185. The smallest absolute Gasteiger partial charge is 0.347 e. The van der Waals surface area contributed by atoms with Crippen molar-refractivity contribution in [1.29, 1.82) is 0 Å². The van der Waals surface area contributed by atoms with Crippen LogP contribution in [0.25, 0.3) is 0 Å². The fraction of sp³-hybridized carbons (Fsp3) is 0.885. The van der Waals surface area contributed by atoms with E-state index in [9.17, 15) is 14.4 Å². The second-order valence-electron chi connectivity index (χ2n) is 11.8. The van der Waals surface area contributed by atoms with Crippen LogP contribution in [-0.2, 0) is 28.6 Å². The molecule has 0 amide bonds. The van der Waals surface area contributed by atoms with Crippen molar-refractivity contribution in [3.8, 4) is 0 Å². The molecule has 5 aliphatic rings. The van der Waals surface area contributed by atoms with Gasteiger partial charge in [-0.3, -0.25) is 9.59 Å². The maximum Gasteiger partial charge on any atom is 0.347 e. The van der Waals surface area contributed by atoms with Gasteiger partial charge in [0.05, 0.1) is 17.4 Å². The number of rotatable bonds is 8. The third-order valence-corrected chi connectivity index (χ3v) is 9.15. The Labute approximate surface area is 192 Å². The van der Waals surface area contributed by atoms with Crippen molar-refractivity contribution in [2.45, 2.75) is 104 Å². The Hall–Kier alpha value is -1.59. The summed E-state index contributed by atoms with van der Waals surface area (Å²) in [6.07, 6.45) is 7.41. The minimum Gasteiger partial charge on any atom is -0.463 e. The van der Waals surface area contributed by atoms with Gasteiger partial charge in [-0.05, 0) is 95.8 Å². The third kappa shape index (κ3) is 3.96. The molecule has 0 aromatic rings. The molecule has 6 nitrogen and oxygen atoms in total. The van der Waals surface area contributed by atoms with E-state index < -0.39 is 28.9 Å². The molecule has 1 aliphatic heterocycles. The lowest BCUT2D eigenvalue weighted by Gasteiger charge is -2.60. The van der Waals surface area contributed by atoms with Crippen LogP contribution in [0.15, 0.2) is 0 Å². The lowest BCUT2D eigenvalue weighted by Crippen LogP contribution is -2.60. The first-order chi connectivity index (χ1) is 15.0. The summed E-state index contributed by atoms with van der Waals surface area (Å²) in [5.74, 6) is 1.43. The molecule has 4 saturated carbocycles. The summed E-state index contributed by atoms with van der Waals surface area (Å²) in [6, 6.07) is 0. The summed E-state index contributed by atoms with van der Waals surface area (Å²) in [7, 11) is 0. The number of carbonyl (C=O) groups excluding carboxylic acids is 3. The Morgan fingerprint density at radius 1 is 1.00 bits per heavy atom. The largest absolute Gasteiger partial charge is 0.463 e. The van der Waals surface area contributed by atoms with Gasteiger partial charge in [0.2, 0.25) is 6.10 Å². The van der Waals surface area contributed by atoms with Gasteiger partial charge in [0.25, 0.3) is 0 Å². The number of hydrogen-bond donors (Lipinski definition) is 0. The van der Waals surface area contributed by atoms with Crippen LogP contribution in [0, 0.1) is 34.5 Å². The molecule has 5 fully saturated rings. The van der Waals surface area contributed by atoms with E-state index in [1.54, 1.807) is 13.8 Å². The molecule has 0 aromatic heterocycles. The van der Waals surface area contributed by atoms with Crippen molar-refractivity contribution in [2.24, 2.45) is 34.5 Å². The second-order valence-corrected chi connectivity index (χ2v) is 11.8. The molecule has 32 heavy (non-hydrogen) atoms. The maximum atomic E-state index is 13.7. The highest BCUT2D eigenvalue weighted by atomic mass is 16.6. The summed E-state index contributed by atoms with van der Waals surface area (Å²) in [4.78, 5) is 38.3. The number of esters is 3. The first-order valence-electron chi connectivity index (χ1n) is 12.6. The summed E-state index contributed by atoms with van der Waals surface area (Å²) in [5.41, 5.74) is -2.06. The van der Waals surface area contributed by atoms with E-state index >= 15 is 0 Å². The molecule has 4 aliphatic carbocycles. The van der Waals surface area contributed by atoms with Gasteiger partial charge in [-0.1, -0.05) is 13.8 Å². The molecular weight excluding hydrogens is 408 g/mol. The van der Waals surface area contributed by atoms with Gasteiger partial charge >= 0.3 is 17.9 Å². The number of ether oxygens (including phenoxy) is 3. The molecule has 0 aromatic carbocycles. The van der Waals surface area contributed by atoms with Crippen molar-refractivity contribution < 1.29 is 28.6 Å². The number of carbonyl (C=O) groups is 3. The molecule has 5 rings (SSSR count). The second kappa shape index (κ2) is 8.32. The Morgan fingerprint density at radius 3 is 2.06 bits per heavy atom. The standard InChI is InChI=1S/C26H40O6/c1-6-25(5,15-24(3,4)22(28)31-20-8-9-30-21(20)27)23(29)32-26(7-2)18-11-16-10-17(13-18)14-19(26)12-16/h16-20H,6-15H2,1-5H3. The van der Waals surface area contributed by atoms with Crippen LogP contribution < -0.4 is 0 Å². The van der Waals surface area contributed by atoms with Gasteiger partial charge in [-0.15, -0.1) is 0 Å². The highest BCUT2D eigenvalue weighted by Gasteiger charge is 2.59. The van der Waals surface area contributed by atoms with E-state index in [1.807, 2.05) is 13.8 Å². The first-order valence-corrected chi connectivity index (χ1v) is 12.6. The molecular formula is C26H40O6. The Bertz CT molecular complexity index is 742. The fourth-order valence-corrected chi connectivity index (χ4v) is 7.36. The average molecular weight is 449 g/mol. The highest BCUT2D eigenvalue weighted by molar-refractivity contribution is 5.84. The molecule has 6 heteroatoms. The zero-order valence-corrected chi connectivity index (χ0v) is 20.4. The Balaban J connectivity index is 1.47. The molecule has 0 spiro atoms. The topological polar surface area (TPSA) is 78.9 Å². The van der Waals surface area contributed by atoms with Crippen LogP contribution in [0.2, 0.25) is 0 Å². The van der Waals surface area contributed by atoms with Crippen LogP contribution in [0.4, 0.5) is 0 Å². The molecule has 0 N–H and O–H groups in total. The van der Waals surface area contributed by atoms with Crippen LogP contribution >= 0.6 is 0 Å². The quantitative estimate of drug-likeness (QED) is 0.391. The summed E-state index contributed by atoms with van der Waals surface area (Å²) >= 11 is 0. The van der Waals surface area contributed by atoms with Crippen LogP contribution in [0.5, 0.6) is 0 Å². The predicted octanol–water partition coefficient (Wildman–Crippen LogP) is 4.83. The molecule has 2 atom stereocenters. The average Bonchev–Trinajstić information content (AvgIpc) is 3.14. The van der Waals surface area contributed by atoms with E-state index in [4.69, 9.17) is 14.2 Å². The van der Waals surface area contributed by atoms with Gasteiger partial charge in [-0.2, -0.15) is 0 Å². The zero-order valence-electron chi connectivity index (χ0n) is 20.4. The fourth-order valence-electron chi connectivity index (χ4n) is 7.36. The summed E-state index contributed by atoms with van der Waals surface area (Å²) < 4.78 is 16.9. The summed E-state index contributed by atoms with van der Waals surface area (Å²) in [5, 5.41) is 0. The number of hydrogen-bond acceptors (Lipinski definition) is 6. The van der Waals surface area contributed by atoms with Crippen LogP contribution in [0.3, 0.4) is 0 Å². The van der Waals surface area contributed by atoms with E-state index in [2.05, 4.69) is 6.92 Å². The first kappa shape index (κ1) is 23.6. The van der Waals surface area contributed by atoms with Gasteiger partial charge in [0, 0.05) is 6.42 Å². The van der Waals surface area contributed by atoms with E-state index in [1.165, 1.54) is 32.1 Å². The Morgan fingerprint density at radius 2 is 1.59 bits per heavy atom. The molecule has 2 unspecified atom stereocenters. The van der Waals surface area contributed by atoms with Crippen molar-refractivity contribution in [1.82, 2.24) is 0 Å². The van der Waals surface area contributed by atoms with Crippen molar-refractivity contribution in [3.63, 3.8) is 0 Å². The van der Waals surface area contributed by atoms with Gasteiger partial charge in [0.1, 0.15) is 5.60 Å². The van der Waals surface area contributed by atoms with Crippen molar-refractivity contribution in [3.05, 3.63) is 0 Å². The van der Waals surface area contributed by atoms with Gasteiger partial charge in [-0.25, -0.2) is 4.79 Å². The predicted molar refractivity (Wildman–Crippen MR) is 118 cm³/mol. The Kier molecular flexibility index (Phi) is 6.13. The number of cyclic esters (lactones) is 1. The van der Waals surface area contributed by atoms with E-state index in [0.717, 1.165) is 18.3 Å². The van der Waals surface area contributed by atoms with E-state index in [-0.39, 0.29) is 18.2 Å². The minimum atomic E-state index is -0.921. The lowest BCUT2D eigenvalue weighted by atomic mass is 9.49. The van der Waals surface area contributed by atoms with Crippen molar-refractivity contribution >= 4 is 17.9 Å². The van der Waals surface area contributed by atoms with Gasteiger partial charge in [0.15, 0.2) is 0 Å². The zero-order chi connectivity index (χ0) is 23.3. The van der Waals surface area contributed by atoms with Gasteiger partial charge < -0.3 is 14.2 Å². The van der Waals surface area contributed by atoms with E-state index in [0.29, 0.717) is 31.1 Å². The molecule has 180 valence electrons. The monoisotopic (exact) mass is 448 g/mol. The van der Waals surface area contributed by atoms with Crippen LogP contribution in [-0.4, -0.2) is 36.2 Å². The SMILES string of the molecule is CCC(C)(CC(C)(C)C(=O)OC1CCOC1=O)C(=O)OC1(CC)C2CC3CC(C2)CC1C3. The summed E-state index contributed by atoms with van der Waals surface area (Å²) in [6.45, 7) is 9.91. The molecule has 1 saturated heterocycles. The van der Waals surface area contributed by atoms with Crippen LogP contribution in [0.1, 0.15) is 92.4 Å².